The van der Waals surface area contributed by atoms with E-state index >= 15 is 0 Å². The smallest absolute Gasteiger partial charge is 0.204 e. The number of fused-ring (bicyclic) bond motifs is 3. The SMILES string of the molecule is CC(C)(C)C1CCNc2nc3ccccc3n21. The normalized spacial score (nSPS) is 20.1. The predicted molar refractivity (Wildman–Crippen MR) is 71.3 cm³/mol. The van der Waals surface area contributed by atoms with E-state index in [4.69, 9.17) is 0 Å². The van der Waals surface area contributed by atoms with Crippen molar-refractivity contribution in [3.05, 3.63) is 24.3 Å². The van der Waals surface area contributed by atoms with Gasteiger partial charge in [-0.2, -0.15) is 0 Å². The average molecular weight is 229 g/mol. The Balaban J connectivity index is 2.24. The molecule has 0 saturated heterocycles. The summed E-state index contributed by atoms with van der Waals surface area (Å²) < 4.78 is 2.37. The van der Waals surface area contributed by atoms with Gasteiger partial charge in [0.05, 0.1) is 11.0 Å². The van der Waals surface area contributed by atoms with Gasteiger partial charge in [0.25, 0.3) is 0 Å². The number of para-hydroxylation sites is 2. The van der Waals surface area contributed by atoms with Gasteiger partial charge in [-0.3, -0.25) is 0 Å². The van der Waals surface area contributed by atoms with Crippen molar-refractivity contribution in [1.29, 1.82) is 0 Å². The van der Waals surface area contributed by atoms with Gasteiger partial charge in [0.1, 0.15) is 0 Å². The molecule has 0 saturated carbocycles. The van der Waals surface area contributed by atoms with Crippen LogP contribution < -0.4 is 5.32 Å². The highest BCUT2D eigenvalue weighted by molar-refractivity contribution is 5.79. The Labute approximate surface area is 102 Å². The molecule has 1 aliphatic heterocycles. The maximum atomic E-state index is 4.67. The summed E-state index contributed by atoms with van der Waals surface area (Å²) in [5, 5.41) is 3.41. The van der Waals surface area contributed by atoms with E-state index in [0.29, 0.717) is 6.04 Å². The Kier molecular flexibility index (Phi) is 2.18. The van der Waals surface area contributed by atoms with E-state index in [0.717, 1.165) is 24.4 Å². The van der Waals surface area contributed by atoms with Crippen molar-refractivity contribution in [2.45, 2.75) is 33.2 Å². The largest absolute Gasteiger partial charge is 0.356 e. The molecule has 1 aliphatic rings. The molecule has 0 fully saturated rings. The molecular weight excluding hydrogens is 210 g/mol. The highest BCUT2D eigenvalue weighted by atomic mass is 15.3. The number of benzene rings is 1. The van der Waals surface area contributed by atoms with Crippen LogP contribution in [0.2, 0.25) is 0 Å². The van der Waals surface area contributed by atoms with Crippen LogP contribution in [0.4, 0.5) is 5.95 Å². The molecule has 1 atom stereocenters. The molecule has 0 bridgehead atoms. The predicted octanol–water partition coefficient (Wildman–Crippen LogP) is 3.44. The zero-order valence-corrected chi connectivity index (χ0v) is 10.7. The van der Waals surface area contributed by atoms with Crippen molar-refractivity contribution in [3.63, 3.8) is 0 Å². The average Bonchev–Trinajstić information content (AvgIpc) is 2.65. The Hall–Kier alpha value is -1.51. The topological polar surface area (TPSA) is 29.9 Å². The van der Waals surface area contributed by atoms with Crippen LogP contribution >= 0.6 is 0 Å². The first kappa shape index (κ1) is 10.6. The number of imidazole rings is 1. The monoisotopic (exact) mass is 229 g/mol. The summed E-state index contributed by atoms with van der Waals surface area (Å²) in [7, 11) is 0. The molecule has 1 aromatic carbocycles. The molecule has 2 aromatic rings. The summed E-state index contributed by atoms with van der Waals surface area (Å²) in [6.45, 7) is 7.94. The zero-order chi connectivity index (χ0) is 12.0. The van der Waals surface area contributed by atoms with Crippen LogP contribution in [-0.2, 0) is 0 Å². The molecule has 0 radical (unpaired) electrons. The minimum Gasteiger partial charge on any atom is -0.356 e. The zero-order valence-electron chi connectivity index (χ0n) is 10.7. The van der Waals surface area contributed by atoms with Crippen LogP contribution in [-0.4, -0.2) is 16.1 Å². The van der Waals surface area contributed by atoms with E-state index < -0.39 is 0 Å². The number of hydrogen-bond donors (Lipinski definition) is 1. The third-order valence-electron chi connectivity index (χ3n) is 3.61. The molecule has 0 aliphatic carbocycles. The second kappa shape index (κ2) is 3.49. The summed E-state index contributed by atoms with van der Waals surface area (Å²) in [6.07, 6.45) is 1.16. The number of hydrogen-bond acceptors (Lipinski definition) is 2. The third-order valence-corrected chi connectivity index (χ3v) is 3.61. The molecule has 3 heteroatoms. The lowest BCUT2D eigenvalue weighted by Crippen LogP contribution is -2.31. The number of nitrogens with zero attached hydrogens (tertiary/aromatic N) is 2. The number of rotatable bonds is 0. The van der Waals surface area contributed by atoms with E-state index in [9.17, 15) is 0 Å². The number of nitrogens with one attached hydrogen (secondary N) is 1. The van der Waals surface area contributed by atoms with Crippen LogP contribution in [0.15, 0.2) is 24.3 Å². The molecule has 3 rings (SSSR count). The van der Waals surface area contributed by atoms with Crippen molar-refractivity contribution in [2.24, 2.45) is 5.41 Å². The van der Waals surface area contributed by atoms with Crippen molar-refractivity contribution >= 4 is 17.0 Å². The Morgan fingerprint density at radius 1 is 1.29 bits per heavy atom. The summed E-state index contributed by atoms with van der Waals surface area (Å²) in [6, 6.07) is 8.91. The fraction of sp³-hybridized carbons (Fsp3) is 0.500. The van der Waals surface area contributed by atoms with E-state index in [-0.39, 0.29) is 5.41 Å². The summed E-state index contributed by atoms with van der Waals surface area (Å²) in [5.74, 6) is 1.03. The van der Waals surface area contributed by atoms with Crippen LogP contribution in [0, 0.1) is 5.41 Å². The molecule has 3 nitrogen and oxygen atoms in total. The number of anilines is 1. The van der Waals surface area contributed by atoms with Gasteiger partial charge in [-0.25, -0.2) is 4.98 Å². The lowest BCUT2D eigenvalue weighted by molar-refractivity contribution is 0.232. The fourth-order valence-electron chi connectivity index (χ4n) is 2.75. The molecule has 0 amide bonds. The van der Waals surface area contributed by atoms with Crippen molar-refractivity contribution < 1.29 is 0 Å². The van der Waals surface area contributed by atoms with Crippen molar-refractivity contribution in [1.82, 2.24) is 9.55 Å². The Morgan fingerprint density at radius 3 is 2.82 bits per heavy atom. The Morgan fingerprint density at radius 2 is 2.06 bits per heavy atom. The fourth-order valence-corrected chi connectivity index (χ4v) is 2.75. The van der Waals surface area contributed by atoms with Gasteiger partial charge >= 0.3 is 0 Å². The molecule has 1 unspecified atom stereocenters. The first-order chi connectivity index (χ1) is 8.07. The van der Waals surface area contributed by atoms with Crippen molar-refractivity contribution in [2.75, 3.05) is 11.9 Å². The molecule has 0 spiro atoms. The van der Waals surface area contributed by atoms with Gasteiger partial charge in [-0.1, -0.05) is 32.9 Å². The van der Waals surface area contributed by atoms with Crippen LogP contribution in [0.1, 0.15) is 33.2 Å². The van der Waals surface area contributed by atoms with E-state index in [2.05, 4.69) is 53.8 Å². The lowest BCUT2D eigenvalue weighted by atomic mass is 9.84. The summed E-state index contributed by atoms with van der Waals surface area (Å²) in [5.41, 5.74) is 2.60. The third kappa shape index (κ3) is 1.61. The minimum absolute atomic E-state index is 0.264. The standard InChI is InChI=1S/C14H19N3/c1-14(2,3)12-8-9-15-13-16-10-6-4-5-7-11(10)17(12)13/h4-7,12H,8-9H2,1-3H3,(H,15,16). The second-order valence-corrected chi connectivity index (χ2v) is 5.89. The van der Waals surface area contributed by atoms with Gasteiger partial charge in [0, 0.05) is 12.6 Å². The molecule has 17 heavy (non-hydrogen) atoms. The van der Waals surface area contributed by atoms with Crippen molar-refractivity contribution in [3.8, 4) is 0 Å². The second-order valence-electron chi connectivity index (χ2n) is 5.89. The van der Waals surface area contributed by atoms with E-state index in [1.165, 1.54) is 5.52 Å². The highest BCUT2D eigenvalue weighted by Gasteiger charge is 2.31. The molecular formula is C14H19N3. The van der Waals surface area contributed by atoms with E-state index in [1.807, 2.05) is 6.07 Å². The molecule has 1 N–H and O–H groups in total. The minimum atomic E-state index is 0.264. The highest BCUT2D eigenvalue weighted by Crippen LogP contribution is 2.40. The van der Waals surface area contributed by atoms with Crippen LogP contribution in [0.3, 0.4) is 0 Å². The van der Waals surface area contributed by atoms with Gasteiger partial charge < -0.3 is 9.88 Å². The maximum Gasteiger partial charge on any atom is 0.204 e. The van der Waals surface area contributed by atoms with Gasteiger partial charge in [-0.05, 0) is 24.0 Å². The van der Waals surface area contributed by atoms with Gasteiger partial charge in [0.15, 0.2) is 0 Å². The maximum absolute atomic E-state index is 4.67. The summed E-state index contributed by atoms with van der Waals surface area (Å²) >= 11 is 0. The van der Waals surface area contributed by atoms with Gasteiger partial charge in [0.2, 0.25) is 5.95 Å². The van der Waals surface area contributed by atoms with E-state index in [1.54, 1.807) is 0 Å². The Bertz CT molecular complexity index is 548. The summed E-state index contributed by atoms with van der Waals surface area (Å²) in [4.78, 5) is 4.67. The number of aromatic nitrogens is 2. The lowest BCUT2D eigenvalue weighted by Gasteiger charge is -2.36. The molecule has 90 valence electrons. The quantitative estimate of drug-likeness (QED) is 0.750. The first-order valence-corrected chi connectivity index (χ1v) is 6.28. The van der Waals surface area contributed by atoms with Crippen LogP contribution in [0.5, 0.6) is 0 Å². The van der Waals surface area contributed by atoms with Gasteiger partial charge in [-0.15, -0.1) is 0 Å². The molecule has 2 heterocycles. The van der Waals surface area contributed by atoms with Crippen LogP contribution in [0.25, 0.3) is 11.0 Å². The molecule has 1 aromatic heterocycles. The first-order valence-electron chi connectivity index (χ1n) is 6.28.